The summed E-state index contributed by atoms with van der Waals surface area (Å²) in [5.41, 5.74) is 1.85. The molecule has 0 radical (unpaired) electrons. The lowest BCUT2D eigenvalue weighted by molar-refractivity contribution is -0.139. The van der Waals surface area contributed by atoms with E-state index < -0.39 is 0 Å². The number of rotatable bonds is 4. The van der Waals surface area contributed by atoms with Gasteiger partial charge in [0, 0.05) is 10.8 Å². The fourth-order valence-corrected chi connectivity index (χ4v) is 4.51. The van der Waals surface area contributed by atoms with E-state index in [1.807, 2.05) is 24.3 Å². The van der Waals surface area contributed by atoms with E-state index in [9.17, 15) is 4.79 Å². The van der Waals surface area contributed by atoms with Crippen molar-refractivity contribution in [2.24, 2.45) is 0 Å². The Bertz CT molecular complexity index is 1060. The van der Waals surface area contributed by atoms with Crippen molar-refractivity contribution >= 4 is 60.4 Å². The number of thiophene rings is 1. The number of para-hydroxylation sites is 1. The summed E-state index contributed by atoms with van der Waals surface area (Å²) in [5.74, 6) is 0.00287. The summed E-state index contributed by atoms with van der Waals surface area (Å²) >= 11 is 2.93. The Morgan fingerprint density at radius 3 is 3.04 bits per heavy atom. The highest BCUT2D eigenvalue weighted by Crippen LogP contribution is 2.37. The number of esters is 1. The van der Waals surface area contributed by atoms with Crippen molar-refractivity contribution in [3.8, 4) is 0 Å². The molecule has 0 atom stereocenters. The van der Waals surface area contributed by atoms with Crippen LogP contribution in [0.5, 0.6) is 0 Å². The van der Waals surface area contributed by atoms with Crippen LogP contribution < -0.4 is 0 Å². The van der Waals surface area contributed by atoms with Crippen molar-refractivity contribution in [1.82, 2.24) is 15.0 Å². The van der Waals surface area contributed by atoms with Crippen molar-refractivity contribution in [1.29, 1.82) is 0 Å². The van der Waals surface area contributed by atoms with Gasteiger partial charge in [0.05, 0.1) is 28.1 Å². The maximum atomic E-state index is 11.6. The molecule has 0 unspecified atom stereocenters. The SMILES string of the molecule is CCOC(=O)CSc1ncnc2c1sc1nc3ccccc3cc12. The number of hydrogen-bond acceptors (Lipinski definition) is 7. The summed E-state index contributed by atoms with van der Waals surface area (Å²) in [6.45, 7) is 2.19. The van der Waals surface area contributed by atoms with Crippen molar-refractivity contribution in [3.05, 3.63) is 36.7 Å². The second-order valence-corrected chi connectivity index (χ2v) is 7.05. The van der Waals surface area contributed by atoms with E-state index in [2.05, 4.69) is 16.0 Å². The summed E-state index contributed by atoms with van der Waals surface area (Å²) in [5, 5.41) is 2.90. The van der Waals surface area contributed by atoms with Gasteiger partial charge in [-0.3, -0.25) is 4.79 Å². The number of pyridine rings is 1. The lowest BCUT2D eigenvalue weighted by Crippen LogP contribution is -2.06. The molecule has 0 amide bonds. The van der Waals surface area contributed by atoms with E-state index in [1.165, 1.54) is 18.1 Å². The molecule has 3 aromatic heterocycles. The summed E-state index contributed by atoms with van der Waals surface area (Å²) in [6, 6.07) is 10.1. The molecule has 1 aromatic carbocycles. The molecular weight excluding hydrogens is 342 g/mol. The Morgan fingerprint density at radius 2 is 2.17 bits per heavy atom. The molecule has 0 spiro atoms. The number of carbonyl (C=O) groups excluding carboxylic acids is 1. The second-order valence-electron chi connectivity index (χ2n) is 5.09. The maximum absolute atomic E-state index is 11.6. The first-order valence-corrected chi connectivity index (χ1v) is 9.28. The smallest absolute Gasteiger partial charge is 0.316 e. The highest BCUT2D eigenvalue weighted by molar-refractivity contribution is 8.00. The van der Waals surface area contributed by atoms with Crippen molar-refractivity contribution in [2.75, 3.05) is 12.4 Å². The Labute approximate surface area is 146 Å². The zero-order valence-corrected chi connectivity index (χ0v) is 14.5. The molecular formula is C17H13N3O2S2. The van der Waals surface area contributed by atoms with Crippen LogP contribution >= 0.6 is 23.1 Å². The Hall–Kier alpha value is -2.25. The summed E-state index contributed by atoms with van der Waals surface area (Å²) in [7, 11) is 0. The molecule has 0 saturated carbocycles. The first-order valence-electron chi connectivity index (χ1n) is 7.47. The monoisotopic (exact) mass is 355 g/mol. The van der Waals surface area contributed by atoms with Crippen LogP contribution in [0.3, 0.4) is 0 Å². The third-order valence-corrected chi connectivity index (χ3v) is 5.73. The molecule has 4 rings (SSSR count). The van der Waals surface area contributed by atoms with Gasteiger partial charge in [-0.15, -0.1) is 11.3 Å². The van der Waals surface area contributed by atoms with Crippen molar-refractivity contribution < 1.29 is 9.53 Å². The van der Waals surface area contributed by atoms with E-state index in [-0.39, 0.29) is 11.7 Å². The molecule has 7 heteroatoms. The van der Waals surface area contributed by atoms with Crippen molar-refractivity contribution in [3.63, 3.8) is 0 Å². The predicted molar refractivity (Wildman–Crippen MR) is 97.6 cm³/mol. The van der Waals surface area contributed by atoms with E-state index in [0.29, 0.717) is 6.61 Å². The summed E-state index contributed by atoms with van der Waals surface area (Å²) in [4.78, 5) is 26.0. The van der Waals surface area contributed by atoms with Gasteiger partial charge in [-0.2, -0.15) is 0 Å². The van der Waals surface area contributed by atoms with Crippen LogP contribution in [0.2, 0.25) is 0 Å². The number of nitrogens with zero attached hydrogens (tertiary/aromatic N) is 3. The zero-order valence-electron chi connectivity index (χ0n) is 12.9. The molecule has 0 bridgehead atoms. The number of ether oxygens (including phenoxy) is 1. The van der Waals surface area contributed by atoms with Gasteiger partial charge in [-0.1, -0.05) is 30.0 Å². The minimum atomic E-state index is -0.237. The van der Waals surface area contributed by atoms with E-state index in [0.717, 1.165) is 36.4 Å². The molecule has 3 heterocycles. The van der Waals surface area contributed by atoms with Crippen LogP contribution in [0, 0.1) is 0 Å². The van der Waals surface area contributed by atoms with E-state index >= 15 is 0 Å². The van der Waals surface area contributed by atoms with Gasteiger partial charge in [0.25, 0.3) is 0 Å². The number of benzene rings is 1. The minimum absolute atomic E-state index is 0.237. The topological polar surface area (TPSA) is 65.0 Å². The normalized spacial score (nSPS) is 11.4. The van der Waals surface area contributed by atoms with Gasteiger partial charge in [-0.05, 0) is 19.1 Å². The average molecular weight is 355 g/mol. The van der Waals surface area contributed by atoms with Crippen LogP contribution in [0.25, 0.3) is 31.3 Å². The van der Waals surface area contributed by atoms with Crippen LogP contribution in [0.4, 0.5) is 0 Å². The van der Waals surface area contributed by atoms with E-state index in [4.69, 9.17) is 9.72 Å². The number of thioether (sulfide) groups is 1. The number of aromatic nitrogens is 3. The predicted octanol–water partition coefficient (Wildman–Crippen LogP) is 4.05. The molecule has 0 saturated heterocycles. The Kier molecular flexibility index (Phi) is 4.03. The van der Waals surface area contributed by atoms with Gasteiger partial charge in [0.1, 0.15) is 16.2 Å². The number of fused-ring (bicyclic) bond motifs is 4. The first kappa shape index (κ1) is 15.3. The third-order valence-electron chi connectivity index (χ3n) is 3.55. The third kappa shape index (κ3) is 2.70. The number of hydrogen-bond donors (Lipinski definition) is 0. The summed E-state index contributed by atoms with van der Waals surface area (Å²) < 4.78 is 5.94. The lowest BCUT2D eigenvalue weighted by Gasteiger charge is -2.02. The van der Waals surface area contributed by atoms with Gasteiger partial charge in [0.2, 0.25) is 0 Å². The standard InChI is InChI=1S/C17H13N3O2S2/c1-2-22-13(21)8-23-17-15-14(18-9-19-17)11-7-10-5-3-4-6-12(10)20-16(11)24-15/h3-7,9H,2,8H2,1H3. The molecule has 4 aromatic rings. The van der Waals surface area contributed by atoms with Gasteiger partial charge >= 0.3 is 5.97 Å². The quantitative estimate of drug-likeness (QED) is 0.313. The fourth-order valence-electron chi connectivity index (χ4n) is 2.52. The largest absolute Gasteiger partial charge is 0.465 e. The molecule has 24 heavy (non-hydrogen) atoms. The molecule has 0 aliphatic rings. The highest BCUT2D eigenvalue weighted by Gasteiger charge is 2.14. The van der Waals surface area contributed by atoms with Crippen molar-refractivity contribution in [2.45, 2.75) is 11.9 Å². The second kappa shape index (κ2) is 6.33. The van der Waals surface area contributed by atoms with Crippen LogP contribution in [0.15, 0.2) is 41.7 Å². The van der Waals surface area contributed by atoms with Gasteiger partial charge in [-0.25, -0.2) is 15.0 Å². The van der Waals surface area contributed by atoms with Crippen LogP contribution in [-0.4, -0.2) is 33.3 Å². The van der Waals surface area contributed by atoms with E-state index in [1.54, 1.807) is 18.3 Å². The summed E-state index contributed by atoms with van der Waals surface area (Å²) in [6.07, 6.45) is 1.54. The zero-order chi connectivity index (χ0) is 16.5. The fraction of sp³-hybridized carbons (Fsp3) is 0.176. The number of carbonyl (C=O) groups is 1. The minimum Gasteiger partial charge on any atom is -0.465 e. The lowest BCUT2D eigenvalue weighted by atomic mass is 10.2. The Morgan fingerprint density at radius 1 is 1.29 bits per heavy atom. The van der Waals surface area contributed by atoms with Gasteiger partial charge < -0.3 is 4.74 Å². The highest BCUT2D eigenvalue weighted by atomic mass is 32.2. The van der Waals surface area contributed by atoms with Gasteiger partial charge in [0.15, 0.2) is 0 Å². The molecule has 5 nitrogen and oxygen atoms in total. The molecule has 0 fully saturated rings. The average Bonchev–Trinajstić information content (AvgIpc) is 2.96. The van der Waals surface area contributed by atoms with Crippen LogP contribution in [0.1, 0.15) is 6.92 Å². The first-order chi connectivity index (χ1) is 11.8. The molecule has 0 aliphatic carbocycles. The Balaban J connectivity index is 1.81. The maximum Gasteiger partial charge on any atom is 0.316 e. The van der Waals surface area contributed by atoms with Crippen LogP contribution in [-0.2, 0) is 9.53 Å². The molecule has 0 N–H and O–H groups in total. The molecule has 120 valence electrons. The molecule has 0 aliphatic heterocycles.